The molecule has 2 rings (SSSR count). The summed E-state index contributed by atoms with van der Waals surface area (Å²) in [6, 6.07) is 7.04. The third-order valence-electron chi connectivity index (χ3n) is 4.38. The van der Waals surface area contributed by atoms with Crippen LogP contribution in [-0.2, 0) is 4.74 Å². The molecule has 24 heavy (non-hydrogen) atoms. The number of benzene rings is 1. The molecule has 0 atom stereocenters. The zero-order chi connectivity index (χ0) is 17.4. The summed E-state index contributed by atoms with van der Waals surface area (Å²) in [5.41, 5.74) is 0. The van der Waals surface area contributed by atoms with Crippen molar-refractivity contribution in [2.75, 3.05) is 19.0 Å². The van der Waals surface area contributed by atoms with E-state index in [1.807, 2.05) is 0 Å². The van der Waals surface area contributed by atoms with Crippen molar-refractivity contribution in [3.8, 4) is 5.75 Å². The number of hydrogen-bond donors (Lipinski definition) is 0. The van der Waals surface area contributed by atoms with E-state index in [-0.39, 0.29) is 12.1 Å². The van der Waals surface area contributed by atoms with Crippen molar-refractivity contribution >= 4 is 33.6 Å². The van der Waals surface area contributed by atoms with E-state index >= 15 is 0 Å². The molecule has 1 aromatic carbocycles. The normalized spacial score (nSPS) is 20.6. The van der Waals surface area contributed by atoms with Crippen molar-refractivity contribution in [2.24, 2.45) is 0 Å². The Morgan fingerprint density at radius 3 is 2.50 bits per heavy atom. The zero-order valence-corrected chi connectivity index (χ0v) is 16.4. The van der Waals surface area contributed by atoms with Crippen LogP contribution < -0.4 is 4.74 Å². The average Bonchev–Trinajstić information content (AvgIpc) is 2.60. The van der Waals surface area contributed by atoms with Crippen LogP contribution in [0.3, 0.4) is 0 Å². The lowest BCUT2D eigenvalue weighted by molar-refractivity contribution is 0.0111. The van der Waals surface area contributed by atoms with Gasteiger partial charge in [0.2, 0.25) is 0 Å². The Kier molecular flexibility index (Phi) is 8.36. The van der Waals surface area contributed by atoms with E-state index in [1.165, 1.54) is 0 Å². The third kappa shape index (κ3) is 6.26. The van der Waals surface area contributed by atoms with Crippen LogP contribution in [0.5, 0.6) is 5.75 Å². The Morgan fingerprint density at radius 1 is 1.21 bits per heavy atom. The van der Waals surface area contributed by atoms with E-state index in [9.17, 15) is 4.79 Å². The maximum atomic E-state index is 12.3. The Hall–Kier alpha value is -0.780. The standard InChI is InChI=1S/C18H25BrClNO3/c1-21(18(22)24-17-8-4-14(20)5-9-17)15-6-10-16(11-7-15)23-13-3-2-12-19/h4-5,8-9,15-16H,2-3,6-7,10-13H2,1H3. The van der Waals surface area contributed by atoms with E-state index in [0.29, 0.717) is 16.9 Å². The molecule has 1 fully saturated rings. The predicted molar refractivity (Wildman–Crippen MR) is 100 cm³/mol. The van der Waals surface area contributed by atoms with E-state index in [4.69, 9.17) is 21.1 Å². The van der Waals surface area contributed by atoms with Gasteiger partial charge in [-0.1, -0.05) is 27.5 Å². The first-order valence-electron chi connectivity index (χ1n) is 8.48. The van der Waals surface area contributed by atoms with Gasteiger partial charge in [0, 0.05) is 30.0 Å². The Balaban J connectivity index is 1.72. The second kappa shape index (κ2) is 10.3. The number of hydrogen-bond acceptors (Lipinski definition) is 3. The first-order chi connectivity index (χ1) is 11.6. The first kappa shape index (κ1) is 19.5. The maximum Gasteiger partial charge on any atom is 0.415 e. The molecule has 0 heterocycles. The minimum Gasteiger partial charge on any atom is -0.410 e. The molecule has 0 spiro atoms. The van der Waals surface area contributed by atoms with Gasteiger partial charge in [0.05, 0.1) is 6.10 Å². The molecule has 1 aliphatic carbocycles. The van der Waals surface area contributed by atoms with Crippen molar-refractivity contribution in [2.45, 2.75) is 50.7 Å². The molecule has 6 heteroatoms. The molecule has 1 amide bonds. The van der Waals surface area contributed by atoms with Gasteiger partial charge in [-0.25, -0.2) is 4.79 Å². The van der Waals surface area contributed by atoms with Crippen LogP contribution >= 0.6 is 27.5 Å². The number of ether oxygens (including phenoxy) is 2. The molecule has 0 aromatic heterocycles. The largest absolute Gasteiger partial charge is 0.415 e. The average molecular weight is 419 g/mol. The quantitative estimate of drug-likeness (QED) is 0.447. The molecule has 0 N–H and O–H groups in total. The molecule has 1 saturated carbocycles. The van der Waals surface area contributed by atoms with E-state index in [0.717, 1.165) is 50.5 Å². The topological polar surface area (TPSA) is 38.8 Å². The fraction of sp³-hybridized carbons (Fsp3) is 0.611. The third-order valence-corrected chi connectivity index (χ3v) is 5.19. The number of nitrogens with zero attached hydrogens (tertiary/aromatic N) is 1. The SMILES string of the molecule is CN(C(=O)Oc1ccc(Cl)cc1)C1CCC(OCCCCBr)CC1. The summed E-state index contributed by atoms with van der Waals surface area (Å²) < 4.78 is 11.3. The van der Waals surface area contributed by atoms with Gasteiger partial charge in [-0.05, 0) is 62.8 Å². The highest BCUT2D eigenvalue weighted by molar-refractivity contribution is 9.09. The van der Waals surface area contributed by atoms with Gasteiger partial charge < -0.3 is 14.4 Å². The lowest BCUT2D eigenvalue weighted by atomic mass is 9.92. The molecule has 1 aromatic rings. The maximum absolute atomic E-state index is 12.3. The molecule has 0 radical (unpaired) electrons. The van der Waals surface area contributed by atoms with Crippen LogP contribution in [0, 0.1) is 0 Å². The minimum atomic E-state index is -0.320. The van der Waals surface area contributed by atoms with Crippen LogP contribution in [-0.4, -0.2) is 42.1 Å². The second-order valence-corrected chi connectivity index (χ2v) is 7.36. The molecule has 134 valence electrons. The van der Waals surface area contributed by atoms with Crippen LogP contribution in [0.2, 0.25) is 5.02 Å². The number of carbonyl (C=O) groups excluding carboxylic acids is 1. The molecule has 0 bridgehead atoms. The van der Waals surface area contributed by atoms with Crippen molar-refractivity contribution in [1.29, 1.82) is 0 Å². The summed E-state index contributed by atoms with van der Waals surface area (Å²) in [5, 5.41) is 1.65. The summed E-state index contributed by atoms with van der Waals surface area (Å²) in [6.45, 7) is 0.829. The Bertz CT molecular complexity index is 503. The van der Waals surface area contributed by atoms with Gasteiger partial charge in [0.25, 0.3) is 0 Å². The molecule has 4 nitrogen and oxygen atoms in total. The fourth-order valence-corrected chi connectivity index (χ4v) is 3.39. The summed E-state index contributed by atoms with van der Waals surface area (Å²) in [6.07, 6.45) is 6.16. The number of carbonyl (C=O) groups is 1. The fourth-order valence-electron chi connectivity index (χ4n) is 2.87. The summed E-state index contributed by atoms with van der Waals surface area (Å²) >= 11 is 9.26. The highest BCUT2D eigenvalue weighted by Gasteiger charge is 2.27. The van der Waals surface area contributed by atoms with E-state index < -0.39 is 0 Å². The van der Waals surface area contributed by atoms with Crippen LogP contribution in [0.15, 0.2) is 24.3 Å². The molecule has 0 saturated heterocycles. The second-order valence-electron chi connectivity index (χ2n) is 6.13. The lowest BCUT2D eigenvalue weighted by Crippen LogP contribution is -2.42. The van der Waals surface area contributed by atoms with Gasteiger partial charge in [-0.2, -0.15) is 0 Å². The van der Waals surface area contributed by atoms with E-state index in [2.05, 4.69) is 15.9 Å². The van der Waals surface area contributed by atoms with Gasteiger partial charge in [-0.15, -0.1) is 0 Å². The molecular formula is C18H25BrClNO3. The first-order valence-corrected chi connectivity index (χ1v) is 9.98. The smallest absolute Gasteiger partial charge is 0.410 e. The minimum absolute atomic E-state index is 0.215. The van der Waals surface area contributed by atoms with Gasteiger partial charge in [0.1, 0.15) is 5.75 Å². The highest BCUT2D eigenvalue weighted by Crippen LogP contribution is 2.25. The van der Waals surface area contributed by atoms with Crippen molar-refractivity contribution < 1.29 is 14.3 Å². The number of alkyl halides is 1. The molecule has 0 aliphatic heterocycles. The Morgan fingerprint density at radius 2 is 1.88 bits per heavy atom. The van der Waals surface area contributed by atoms with Gasteiger partial charge in [-0.3, -0.25) is 0 Å². The number of rotatable bonds is 7. The summed E-state index contributed by atoms with van der Waals surface area (Å²) in [4.78, 5) is 14.0. The number of halogens is 2. The summed E-state index contributed by atoms with van der Waals surface area (Å²) in [5.74, 6) is 0.514. The zero-order valence-electron chi connectivity index (χ0n) is 14.0. The molecular weight excluding hydrogens is 394 g/mol. The van der Waals surface area contributed by atoms with Crippen molar-refractivity contribution in [3.05, 3.63) is 29.3 Å². The monoisotopic (exact) mass is 417 g/mol. The van der Waals surface area contributed by atoms with Crippen molar-refractivity contribution in [3.63, 3.8) is 0 Å². The predicted octanol–water partition coefficient (Wildman–Crippen LogP) is 5.27. The number of unbranched alkanes of at least 4 members (excludes halogenated alkanes) is 1. The van der Waals surface area contributed by atoms with Gasteiger partial charge >= 0.3 is 6.09 Å². The molecule has 0 unspecified atom stereocenters. The van der Waals surface area contributed by atoms with Crippen LogP contribution in [0.4, 0.5) is 4.79 Å². The molecule has 1 aliphatic rings. The highest BCUT2D eigenvalue weighted by atomic mass is 79.9. The van der Waals surface area contributed by atoms with Crippen molar-refractivity contribution in [1.82, 2.24) is 4.90 Å². The Labute approximate surface area is 157 Å². The van der Waals surface area contributed by atoms with Crippen LogP contribution in [0.25, 0.3) is 0 Å². The van der Waals surface area contributed by atoms with Gasteiger partial charge in [0.15, 0.2) is 0 Å². The van der Waals surface area contributed by atoms with E-state index in [1.54, 1.807) is 36.2 Å². The number of amides is 1. The summed E-state index contributed by atoms with van der Waals surface area (Å²) in [7, 11) is 1.81. The van der Waals surface area contributed by atoms with Crippen LogP contribution in [0.1, 0.15) is 38.5 Å². The lowest BCUT2D eigenvalue weighted by Gasteiger charge is -2.34.